The second-order valence-corrected chi connectivity index (χ2v) is 5.80. The third-order valence-corrected chi connectivity index (χ3v) is 3.66. The SMILES string of the molecule is CNC(=O)CN(C(=O)COC(C)C)C(C)c1ccc(F)cc1Cl. The summed E-state index contributed by atoms with van der Waals surface area (Å²) in [5.74, 6) is -1.11. The van der Waals surface area contributed by atoms with E-state index in [1.54, 1.807) is 6.92 Å². The van der Waals surface area contributed by atoms with Gasteiger partial charge in [-0.2, -0.15) is 0 Å². The van der Waals surface area contributed by atoms with Gasteiger partial charge in [0.15, 0.2) is 0 Å². The molecule has 0 aliphatic heterocycles. The standard InChI is InChI=1S/C16H22ClFN2O3/c1-10(2)23-9-16(22)20(8-15(21)19-4)11(3)13-6-5-12(18)7-14(13)17/h5-7,10-11H,8-9H2,1-4H3,(H,19,21). The smallest absolute Gasteiger partial charge is 0.249 e. The van der Waals surface area contributed by atoms with E-state index in [9.17, 15) is 14.0 Å². The molecule has 0 radical (unpaired) electrons. The van der Waals surface area contributed by atoms with Gasteiger partial charge in [0.25, 0.3) is 0 Å². The van der Waals surface area contributed by atoms with Crippen LogP contribution in [0.2, 0.25) is 5.02 Å². The number of hydrogen-bond donors (Lipinski definition) is 1. The van der Waals surface area contributed by atoms with Gasteiger partial charge in [0.1, 0.15) is 19.0 Å². The Labute approximate surface area is 140 Å². The second kappa shape index (κ2) is 8.84. The fourth-order valence-electron chi connectivity index (χ4n) is 2.00. The van der Waals surface area contributed by atoms with E-state index in [-0.39, 0.29) is 36.1 Å². The zero-order valence-corrected chi connectivity index (χ0v) is 14.5. The molecule has 0 bridgehead atoms. The van der Waals surface area contributed by atoms with Gasteiger partial charge in [0.05, 0.1) is 12.1 Å². The van der Waals surface area contributed by atoms with Gasteiger partial charge >= 0.3 is 0 Å². The molecule has 1 unspecified atom stereocenters. The van der Waals surface area contributed by atoms with Crippen molar-refractivity contribution in [3.05, 3.63) is 34.6 Å². The first-order chi connectivity index (χ1) is 10.8. The topological polar surface area (TPSA) is 58.6 Å². The summed E-state index contributed by atoms with van der Waals surface area (Å²) in [6.07, 6.45) is -0.106. The summed E-state index contributed by atoms with van der Waals surface area (Å²) in [6, 6.07) is 3.46. The van der Waals surface area contributed by atoms with Gasteiger partial charge in [-0.05, 0) is 38.5 Å². The van der Waals surface area contributed by atoms with Gasteiger partial charge in [0.2, 0.25) is 11.8 Å². The maximum Gasteiger partial charge on any atom is 0.249 e. The monoisotopic (exact) mass is 344 g/mol. The lowest BCUT2D eigenvalue weighted by Gasteiger charge is -2.29. The third kappa shape index (κ3) is 5.80. The van der Waals surface area contributed by atoms with Crippen LogP contribution >= 0.6 is 11.6 Å². The van der Waals surface area contributed by atoms with E-state index in [0.717, 1.165) is 0 Å². The molecule has 0 saturated heterocycles. The van der Waals surface area contributed by atoms with E-state index < -0.39 is 11.9 Å². The first kappa shape index (κ1) is 19.4. The van der Waals surface area contributed by atoms with Crippen LogP contribution in [0, 0.1) is 5.82 Å². The third-order valence-electron chi connectivity index (χ3n) is 3.33. The van der Waals surface area contributed by atoms with Crippen molar-refractivity contribution < 1.29 is 18.7 Å². The summed E-state index contributed by atoms with van der Waals surface area (Å²) in [7, 11) is 1.49. The maximum atomic E-state index is 13.2. The predicted octanol–water partition coefficient (Wildman–Crippen LogP) is 2.54. The van der Waals surface area contributed by atoms with Crippen molar-refractivity contribution in [1.29, 1.82) is 0 Å². The van der Waals surface area contributed by atoms with Crippen LogP contribution in [0.25, 0.3) is 0 Å². The molecule has 0 aliphatic rings. The van der Waals surface area contributed by atoms with Crippen LogP contribution in [-0.4, -0.2) is 43.0 Å². The summed E-state index contributed by atoms with van der Waals surface area (Å²) in [5, 5.41) is 2.68. The predicted molar refractivity (Wildman–Crippen MR) is 86.7 cm³/mol. The Hall–Kier alpha value is -1.66. The quantitative estimate of drug-likeness (QED) is 0.827. The van der Waals surface area contributed by atoms with Crippen molar-refractivity contribution in [1.82, 2.24) is 10.2 Å². The Balaban J connectivity index is 3.01. The highest BCUT2D eigenvalue weighted by atomic mass is 35.5. The molecule has 1 rings (SSSR count). The molecule has 23 heavy (non-hydrogen) atoms. The highest BCUT2D eigenvalue weighted by Gasteiger charge is 2.25. The van der Waals surface area contributed by atoms with Gasteiger partial charge in [-0.3, -0.25) is 9.59 Å². The molecule has 0 heterocycles. The Morgan fingerprint density at radius 1 is 1.35 bits per heavy atom. The summed E-state index contributed by atoms with van der Waals surface area (Å²) in [6.45, 7) is 5.09. The number of likely N-dealkylation sites (N-methyl/N-ethyl adjacent to an activating group) is 1. The average molecular weight is 345 g/mol. The van der Waals surface area contributed by atoms with Crippen molar-refractivity contribution in [3.8, 4) is 0 Å². The molecule has 2 amide bonds. The van der Waals surface area contributed by atoms with Crippen molar-refractivity contribution in [2.75, 3.05) is 20.2 Å². The van der Waals surface area contributed by atoms with Crippen LogP contribution in [-0.2, 0) is 14.3 Å². The summed E-state index contributed by atoms with van der Waals surface area (Å²) in [4.78, 5) is 25.5. The minimum Gasteiger partial charge on any atom is -0.369 e. The lowest BCUT2D eigenvalue weighted by Crippen LogP contribution is -2.43. The second-order valence-electron chi connectivity index (χ2n) is 5.40. The lowest BCUT2D eigenvalue weighted by molar-refractivity contribution is -0.143. The fraction of sp³-hybridized carbons (Fsp3) is 0.500. The average Bonchev–Trinajstić information content (AvgIpc) is 2.49. The number of benzene rings is 1. The van der Waals surface area contributed by atoms with E-state index in [1.807, 2.05) is 13.8 Å². The molecule has 5 nitrogen and oxygen atoms in total. The van der Waals surface area contributed by atoms with Crippen LogP contribution in [0.3, 0.4) is 0 Å². The van der Waals surface area contributed by atoms with E-state index in [1.165, 1.54) is 30.1 Å². The van der Waals surface area contributed by atoms with Crippen LogP contribution < -0.4 is 5.32 Å². The van der Waals surface area contributed by atoms with E-state index in [0.29, 0.717) is 5.56 Å². The van der Waals surface area contributed by atoms with Gasteiger partial charge in [-0.25, -0.2) is 4.39 Å². The Kier molecular flexibility index (Phi) is 7.45. The summed E-state index contributed by atoms with van der Waals surface area (Å²) < 4.78 is 18.5. The lowest BCUT2D eigenvalue weighted by atomic mass is 10.1. The molecular formula is C16H22ClFN2O3. The zero-order chi connectivity index (χ0) is 17.6. The van der Waals surface area contributed by atoms with Crippen LogP contribution in [0.4, 0.5) is 4.39 Å². The molecule has 0 saturated carbocycles. The Morgan fingerprint density at radius 3 is 2.52 bits per heavy atom. The maximum absolute atomic E-state index is 13.2. The Bertz CT molecular complexity index is 566. The van der Waals surface area contributed by atoms with Crippen molar-refractivity contribution in [2.45, 2.75) is 32.9 Å². The van der Waals surface area contributed by atoms with Crippen LogP contribution in [0.1, 0.15) is 32.4 Å². The zero-order valence-electron chi connectivity index (χ0n) is 13.7. The van der Waals surface area contributed by atoms with Gasteiger partial charge in [-0.15, -0.1) is 0 Å². The molecule has 0 fully saturated rings. The minimum absolute atomic E-state index is 0.106. The molecule has 1 aromatic rings. The molecule has 128 valence electrons. The van der Waals surface area contributed by atoms with Gasteiger partial charge in [0, 0.05) is 12.1 Å². The fourth-order valence-corrected chi connectivity index (χ4v) is 2.33. The van der Waals surface area contributed by atoms with Gasteiger partial charge < -0.3 is 15.0 Å². The summed E-state index contributed by atoms with van der Waals surface area (Å²) in [5.41, 5.74) is 0.565. The summed E-state index contributed by atoms with van der Waals surface area (Å²) >= 11 is 6.06. The number of amides is 2. The number of ether oxygens (including phenoxy) is 1. The molecule has 1 aromatic carbocycles. The van der Waals surface area contributed by atoms with Crippen LogP contribution in [0.5, 0.6) is 0 Å². The molecule has 7 heteroatoms. The number of nitrogens with one attached hydrogen (secondary N) is 1. The number of carbonyl (C=O) groups is 2. The van der Waals surface area contributed by atoms with Crippen molar-refractivity contribution in [2.24, 2.45) is 0 Å². The number of carbonyl (C=O) groups excluding carboxylic acids is 2. The highest BCUT2D eigenvalue weighted by molar-refractivity contribution is 6.31. The molecule has 0 spiro atoms. The molecule has 0 aliphatic carbocycles. The number of halogens is 2. The first-order valence-corrected chi connectivity index (χ1v) is 7.70. The largest absolute Gasteiger partial charge is 0.369 e. The van der Waals surface area contributed by atoms with Gasteiger partial charge in [-0.1, -0.05) is 17.7 Å². The van der Waals surface area contributed by atoms with E-state index in [2.05, 4.69) is 5.32 Å². The number of rotatable bonds is 7. The molecule has 1 atom stereocenters. The first-order valence-electron chi connectivity index (χ1n) is 7.32. The molecule has 1 N–H and O–H groups in total. The van der Waals surface area contributed by atoms with Crippen molar-refractivity contribution in [3.63, 3.8) is 0 Å². The van der Waals surface area contributed by atoms with Crippen molar-refractivity contribution >= 4 is 23.4 Å². The number of hydrogen-bond acceptors (Lipinski definition) is 3. The molecule has 0 aromatic heterocycles. The van der Waals surface area contributed by atoms with E-state index in [4.69, 9.17) is 16.3 Å². The normalized spacial score (nSPS) is 12.1. The minimum atomic E-state index is -0.497. The van der Waals surface area contributed by atoms with Crippen LogP contribution in [0.15, 0.2) is 18.2 Å². The Morgan fingerprint density at radius 2 is 2.00 bits per heavy atom. The van der Waals surface area contributed by atoms with E-state index >= 15 is 0 Å². The highest BCUT2D eigenvalue weighted by Crippen LogP contribution is 2.28. The molecular weight excluding hydrogens is 323 g/mol. The number of nitrogens with zero attached hydrogens (tertiary/aromatic N) is 1.